The van der Waals surface area contributed by atoms with Crippen LogP contribution in [0.5, 0.6) is 11.5 Å². The van der Waals surface area contributed by atoms with Gasteiger partial charge in [0.2, 0.25) is 0 Å². The molecule has 1 aliphatic heterocycles. The van der Waals surface area contributed by atoms with Crippen molar-refractivity contribution in [2.45, 2.75) is 53.1 Å². The third kappa shape index (κ3) is 3.72. The predicted octanol–water partition coefficient (Wildman–Crippen LogP) is 3.50. The van der Waals surface area contributed by atoms with E-state index in [9.17, 15) is 14.4 Å². The normalized spacial score (nSPS) is 18.9. The molecule has 30 heavy (non-hydrogen) atoms. The van der Waals surface area contributed by atoms with E-state index in [1.54, 1.807) is 6.07 Å². The summed E-state index contributed by atoms with van der Waals surface area (Å²) in [5, 5.41) is 2.76. The maximum atomic E-state index is 12.9. The molecule has 0 radical (unpaired) electrons. The Bertz CT molecular complexity index is 1100. The van der Waals surface area contributed by atoms with Gasteiger partial charge >= 0.3 is 0 Å². The number of hydrogen-bond donors (Lipinski definition) is 2. The van der Waals surface area contributed by atoms with Crippen LogP contribution in [0.3, 0.4) is 0 Å². The summed E-state index contributed by atoms with van der Waals surface area (Å²) in [6.45, 7) is 8.24. The van der Waals surface area contributed by atoms with Gasteiger partial charge in [-0.25, -0.2) is 0 Å². The van der Waals surface area contributed by atoms with E-state index in [-0.39, 0.29) is 22.9 Å². The van der Waals surface area contributed by atoms with Crippen molar-refractivity contribution in [2.24, 2.45) is 5.41 Å². The van der Waals surface area contributed by atoms with E-state index in [1.165, 1.54) is 6.07 Å². The number of rotatable bonds is 4. The lowest BCUT2D eigenvalue weighted by Crippen LogP contribution is -2.32. The van der Waals surface area contributed by atoms with E-state index in [0.717, 1.165) is 12.0 Å². The Hall–Kier alpha value is -3.09. The molecular formula is C23H26N2O5. The molecule has 0 saturated carbocycles. The summed E-state index contributed by atoms with van der Waals surface area (Å²) in [5.41, 5.74) is 1.62. The molecule has 158 valence electrons. The molecule has 2 aromatic rings. The Morgan fingerprint density at radius 3 is 2.77 bits per heavy atom. The van der Waals surface area contributed by atoms with Crippen LogP contribution >= 0.6 is 0 Å². The molecule has 1 aliphatic carbocycles. The molecule has 2 aliphatic rings. The number of benzene rings is 1. The number of ether oxygens (including phenoxy) is 2. The maximum absolute atomic E-state index is 12.9. The predicted molar refractivity (Wildman–Crippen MR) is 113 cm³/mol. The van der Waals surface area contributed by atoms with Crippen molar-refractivity contribution in [3.63, 3.8) is 0 Å². The number of Topliss-reactive ketones (excluding diaryl/α,β-unsaturated/α-hetero) is 1. The number of pyridine rings is 1. The molecule has 1 amide bonds. The highest BCUT2D eigenvalue weighted by Gasteiger charge is 2.33. The number of anilines is 1. The molecule has 2 N–H and O–H groups in total. The minimum Gasteiger partial charge on any atom is -0.492 e. The van der Waals surface area contributed by atoms with E-state index >= 15 is 0 Å². The van der Waals surface area contributed by atoms with Crippen molar-refractivity contribution in [3.8, 4) is 11.5 Å². The fourth-order valence-corrected chi connectivity index (χ4v) is 4.20. The lowest BCUT2D eigenvalue weighted by molar-refractivity contribution is 0.0910. The lowest BCUT2D eigenvalue weighted by atomic mass is 9.75. The third-order valence-corrected chi connectivity index (χ3v) is 5.51. The molecular weight excluding hydrogens is 384 g/mol. The highest BCUT2D eigenvalue weighted by Crippen LogP contribution is 2.38. The summed E-state index contributed by atoms with van der Waals surface area (Å²) in [5.74, 6) is 0.553. The van der Waals surface area contributed by atoms with E-state index in [1.807, 2.05) is 33.8 Å². The summed E-state index contributed by atoms with van der Waals surface area (Å²) >= 11 is 0. The van der Waals surface area contributed by atoms with Gasteiger partial charge in [-0.2, -0.15) is 0 Å². The standard InChI is InChI=1S/C23H26N2O5/c1-5-29-20-7-13-6-12(2)30-19(13)9-16(20)24-21(27)15-8-14-17(25-22(15)28)10-23(3,4)11-18(14)26/h7-9,12H,5-6,10-11H2,1-4H3,(H,24,27)(H,25,28). The second-order valence-electron chi connectivity index (χ2n) is 8.82. The van der Waals surface area contributed by atoms with Gasteiger partial charge in [0, 0.05) is 35.7 Å². The summed E-state index contributed by atoms with van der Waals surface area (Å²) in [6, 6.07) is 5.00. The summed E-state index contributed by atoms with van der Waals surface area (Å²) < 4.78 is 11.5. The van der Waals surface area contributed by atoms with Crippen molar-refractivity contribution >= 4 is 17.4 Å². The molecule has 1 unspecified atom stereocenters. The van der Waals surface area contributed by atoms with Crippen LogP contribution in [-0.4, -0.2) is 29.4 Å². The Labute approximate surface area is 174 Å². The quantitative estimate of drug-likeness (QED) is 0.804. The number of ketones is 1. The first-order valence-electron chi connectivity index (χ1n) is 10.2. The van der Waals surface area contributed by atoms with E-state index in [2.05, 4.69) is 10.3 Å². The van der Waals surface area contributed by atoms with Gasteiger partial charge in [0.15, 0.2) is 5.78 Å². The average Bonchev–Trinajstić information content (AvgIpc) is 2.99. The van der Waals surface area contributed by atoms with Crippen molar-refractivity contribution in [1.29, 1.82) is 0 Å². The molecule has 0 bridgehead atoms. The smallest absolute Gasteiger partial charge is 0.261 e. The lowest BCUT2D eigenvalue weighted by Gasteiger charge is -2.29. The van der Waals surface area contributed by atoms with Crippen LogP contribution < -0.4 is 20.3 Å². The van der Waals surface area contributed by atoms with E-state index in [4.69, 9.17) is 9.47 Å². The highest BCUT2D eigenvalue weighted by atomic mass is 16.5. The number of hydrogen-bond acceptors (Lipinski definition) is 5. The Morgan fingerprint density at radius 1 is 1.27 bits per heavy atom. The zero-order valence-corrected chi connectivity index (χ0v) is 17.7. The molecule has 2 heterocycles. The fraction of sp³-hybridized carbons (Fsp3) is 0.435. The van der Waals surface area contributed by atoms with Crippen LogP contribution in [0.2, 0.25) is 0 Å². The van der Waals surface area contributed by atoms with Crippen LogP contribution in [0.15, 0.2) is 23.0 Å². The number of aromatic nitrogens is 1. The Morgan fingerprint density at radius 2 is 2.03 bits per heavy atom. The molecule has 4 rings (SSSR count). The second-order valence-corrected chi connectivity index (χ2v) is 8.82. The van der Waals surface area contributed by atoms with E-state index < -0.39 is 11.5 Å². The number of amides is 1. The molecule has 0 fully saturated rings. The number of fused-ring (bicyclic) bond motifs is 2. The largest absolute Gasteiger partial charge is 0.492 e. The molecule has 7 heteroatoms. The number of carbonyl (C=O) groups excluding carboxylic acids is 2. The first-order chi connectivity index (χ1) is 14.2. The van der Waals surface area contributed by atoms with E-state index in [0.29, 0.717) is 47.9 Å². The van der Waals surface area contributed by atoms with Crippen molar-refractivity contribution in [2.75, 3.05) is 11.9 Å². The summed E-state index contributed by atoms with van der Waals surface area (Å²) in [6.07, 6.45) is 1.79. The summed E-state index contributed by atoms with van der Waals surface area (Å²) in [4.78, 5) is 40.8. The SMILES string of the molecule is CCOc1cc2c(cc1NC(=O)c1cc3c([nH]c1=O)CC(C)(C)CC3=O)OC(C)C2. The minimum absolute atomic E-state index is 0.0548. The van der Waals surface area contributed by atoms with Crippen LogP contribution in [0.1, 0.15) is 66.1 Å². The number of carbonyl (C=O) groups is 2. The van der Waals surface area contributed by atoms with Gasteiger partial charge in [-0.15, -0.1) is 0 Å². The zero-order chi connectivity index (χ0) is 21.6. The maximum Gasteiger partial charge on any atom is 0.261 e. The minimum atomic E-state index is -0.594. The average molecular weight is 410 g/mol. The number of H-pyrrole nitrogens is 1. The molecule has 1 aromatic heterocycles. The van der Waals surface area contributed by atoms with Crippen LogP contribution in [0.25, 0.3) is 0 Å². The Balaban J connectivity index is 1.67. The van der Waals surface area contributed by atoms with Crippen molar-refractivity contribution in [3.05, 3.63) is 50.9 Å². The molecule has 0 saturated heterocycles. The van der Waals surface area contributed by atoms with Crippen LogP contribution in [-0.2, 0) is 12.8 Å². The first kappa shape index (κ1) is 20.2. The monoisotopic (exact) mass is 410 g/mol. The van der Waals surface area contributed by atoms with Crippen molar-refractivity contribution in [1.82, 2.24) is 4.98 Å². The number of aromatic amines is 1. The molecule has 7 nitrogen and oxygen atoms in total. The zero-order valence-electron chi connectivity index (χ0n) is 17.7. The van der Waals surface area contributed by atoms with Gasteiger partial charge in [0.1, 0.15) is 23.2 Å². The first-order valence-corrected chi connectivity index (χ1v) is 10.2. The van der Waals surface area contributed by atoms with Crippen molar-refractivity contribution < 1.29 is 19.1 Å². The van der Waals surface area contributed by atoms with Crippen LogP contribution in [0, 0.1) is 5.41 Å². The molecule has 1 aromatic carbocycles. The third-order valence-electron chi connectivity index (χ3n) is 5.51. The molecule has 1 atom stereocenters. The van der Waals surface area contributed by atoms with Gasteiger partial charge in [-0.1, -0.05) is 13.8 Å². The molecule has 0 spiro atoms. The van der Waals surface area contributed by atoms with Gasteiger partial charge in [-0.05, 0) is 37.8 Å². The fourth-order valence-electron chi connectivity index (χ4n) is 4.20. The van der Waals surface area contributed by atoms with Gasteiger partial charge in [-0.3, -0.25) is 14.4 Å². The number of nitrogens with one attached hydrogen (secondary N) is 2. The van der Waals surface area contributed by atoms with Crippen LogP contribution in [0.4, 0.5) is 5.69 Å². The highest BCUT2D eigenvalue weighted by molar-refractivity contribution is 6.07. The summed E-state index contributed by atoms with van der Waals surface area (Å²) in [7, 11) is 0. The second kappa shape index (κ2) is 7.31. The topological polar surface area (TPSA) is 97.5 Å². The van der Waals surface area contributed by atoms with Gasteiger partial charge in [0.25, 0.3) is 11.5 Å². The van der Waals surface area contributed by atoms with Gasteiger partial charge in [0.05, 0.1) is 12.3 Å². The van der Waals surface area contributed by atoms with Gasteiger partial charge < -0.3 is 19.8 Å². The Kier molecular flexibility index (Phi) is 4.92.